The third-order valence-corrected chi connectivity index (χ3v) is 3.34. The van der Waals surface area contributed by atoms with Crippen LogP contribution in [-0.4, -0.2) is 20.8 Å². The molecule has 0 aliphatic carbocycles. The molecule has 6 nitrogen and oxygen atoms in total. The summed E-state index contributed by atoms with van der Waals surface area (Å²) in [5.74, 6) is -0.366. The average Bonchev–Trinajstić information content (AvgIpc) is 2.98. The van der Waals surface area contributed by atoms with Crippen molar-refractivity contribution >= 4 is 23.1 Å². The van der Waals surface area contributed by atoms with E-state index in [1.807, 2.05) is 6.07 Å². The molecule has 3 aromatic rings. The molecule has 0 spiro atoms. The Morgan fingerprint density at radius 1 is 1.26 bits per heavy atom. The first kappa shape index (κ1) is 14.4. The maximum Gasteiger partial charge on any atom is 0.162 e. The molecule has 0 radical (unpaired) electrons. The minimum atomic E-state index is -0.366. The largest absolute Gasteiger partial charge is 0.398 e. The molecule has 3 rings (SSSR count). The summed E-state index contributed by atoms with van der Waals surface area (Å²) in [6, 6.07) is 11.0. The van der Waals surface area contributed by atoms with Gasteiger partial charge in [-0.3, -0.25) is 0 Å². The van der Waals surface area contributed by atoms with Crippen LogP contribution in [0.15, 0.2) is 42.6 Å². The molecule has 7 heteroatoms. The van der Waals surface area contributed by atoms with Crippen molar-refractivity contribution in [2.45, 2.75) is 0 Å². The number of hydrogen-bond donors (Lipinski definition) is 2. The molecule has 0 bridgehead atoms. The van der Waals surface area contributed by atoms with Gasteiger partial charge in [-0.15, -0.1) is 0 Å². The van der Waals surface area contributed by atoms with Gasteiger partial charge in [-0.05, 0) is 42.0 Å². The molecule has 0 atom stereocenters. The second-order valence-electron chi connectivity index (χ2n) is 4.72. The number of rotatable bonds is 3. The van der Waals surface area contributed by atoms with Crippen molar-refractivity contribution < 1.29 is 4.39 Å². The summed E-state index contributed by atoms with van der Waals surface area (Å²) in [7, 11) is 0. The maximum absolute atomic E-state index is 13.0. The standard InChI is InChI=1S/C16H11FN6/c17-11-3-1-10(2-4-11)16(20)13(8-19)14-5-6-15-21-9-12(7-18)23(15)22-14/h1-6,8-9,19H,20H2. The molecular weight excluding hydrogens is 295 g/mol. The van der Waals surface area contributed by atoms with E-state index in [-0.39, 0.29) is 11.5 Å². The molecule has 112 valence electrons. The van der Waals surface area contributed by atoms with Crippen LogP contribution >= 0.6 is 0 Å². The third kappa shape index (κ3) is 2.53. The third-order valence-electron chi connectivity index (χ3n) is 3.34. The van der Waals surface area contributed by atoms with Crippen LogP contribution in [0.2, 0.25) is 0 Å². The summed E-state index contributed by atoms with van der Waals surface area (Å²) in [4.78, 5) is 4.06. The lowest BCUT2D eigenvalue weighted by Crippen LogP contribution is -2.06. The minimum Gasteiger partial charge on any atom is -0.398 e. The zero-order valence-electron chi connectivity index (χ0n) is 11.9. The second kappa shape index (κ2) is 5.69. The molecule has 23 heavy (non-hydrogen) atoms. The van der Waals surface area contributed by atoms with Gasteiger partial charge in [0.1, 0.15) is 11.9 Å². The molecule has 1 aromatic carbocycles. The monoisotopic (exact) mass is 306 g/mol. The highest BCUT2D eigenvalue weighted by Gasteiger charge is 2.11. The predicted molar refractivity (Wildman–Crippen MR) is 83.9 cm³/mol. The summed E-state index contributed by atoms with van der Waals surface area (Å²) in [6.45, 7) is 0. The van der Waals surface area contributed by atoms with Gasteiger partial charge in [0.15, 0.2) is 11.3 Å². The number of benzene rings is 1. The molecule has 2 heterocycles. The van der Waals surface area contributed by atoms with E-state index in [0.717, 1.165) is 6.21 Å². The number of aromatic nitrogens is 3. The van der Waals surface area contributed by atoms with Crippen LogP contribution in [0.4, 0.5) is 4.39 Å². The van der Waals surface area contributed by atoms with Gasteiger partial charge in [-0.25, -0.2) is 13.9 Å². The Bertz CT molecular complexity index is 962. The molecule has 0 fully saturated rings. The Morgan fingerprint density at radius 2 is 2.00 bits per heavy atom. The van der Waals surface area contributed by atoms with E-state index in [4.69, 9.17) is 16.4 Å². The number of hydrogen-bond acceptors (Lipinski definition) is 5. The van der Waals surface area contributed by atoms with E-state index >= 15 is 0 Å². The van der Waals surface area contributed by atoms with Crippen molar-refractivity contribution in [3.05, 3.63) is 65.4 Å². The van der Waals surface area contributed by atoms with Crippen LogP contribution in [0, 0.1) is 22.6 Å². The number of imidazole rings is 1. The summed E-state index contributed by atoms with van der Waals surface area (Å²) in [5.41, 5.74) is 8.57. The van der Waals surface area contributed by atoms with Gasteiger partial charge in [0, 0.05) is 17.5 Å². The van der Waals surface area contributed by atoms with E-state index in [2.05, 4.69) is 10.1 Å². The SMILES string of the molecule is N#Cc1cnc2ccc(C(C=N)=C(N)c3ccc(F)cc3)nn12. The highest BCUT2D eigenvalue weighted by Crippen LogP contribution is 2.20. The summed E-state index contributed by atoms with van der Waals surface area (Å²) in [6.07, 6.45) is 2.50. The molecule has 2 aromatic heterocycles. The van der Waals surface area contributed by atoms with Gasteiger partial charge in [-0.1, -0.05) is 0 Å². The highest BCUT2D eigenvalue weighted by atomic mass is 19.1. The van der Waals surface area contributed by atoms with E-state index < -0.39 is 0 Å². The van der Waals surface area contributed by atoms with Gasteiger partial charge in [0.05, 0.1) is 11.9 Å². The first-order valence-corrected chi connectivity index (χ1v) is 6.65. The molecule has 3 N–H and O–H groups in total. The number of fused-ring (bicyclic) bond motifs is 1. The fraction of sp³-hybridized carbons (Fsp3) is 0. The molecule has 0 amide bonds. The first-order valence-electron chi connectivity index (χ1n) is 6.65. The number of nitrogens with two attached hydrogens (primary N) is 1. The van der Waals surface area contributed by atoms with Gasteiger partial charge >= 0.3 is 0 Å². The Hall–Kier alpha value is -3.53. The zero-order chi connectivity index (χ0) is 16.4. The summed E-state index contributed by atoms with van der Waals surface area (Å²) >= 11 is 0. The zero-order valence-corrected chi connectivity index (χ0v) is 11.9. The molecule has 0 unspecified atom stereocenters. The topological polar surface area (TPSA) is 104 Å². The average molecular weight is 306 g/mol. The Balaban J connectivity index is 2.17. The number of nitriles is 1. The van der Waals surface area contributed by atoms with Gasteiger partial charge in [0.25, 0.3) is 0 Å². The van der Waals surface area contributed by atoms with Crippen LogP contribution in [0.25, 0.3) is 16.9 Å². The summed E-state index contributed by atoms with van der Waals surface area (Å²) < 4.78 is 14.4. The van der Waals surface area contributed by atoms with E-state index in [1.54, 1.807) is 12.1 Å². The highest BCUT2D eigenvalue weighted by molar-refractivity contribution is 6.17. The molecule has 0 saturated carbocycles. The van der Waals surface area contributed by atoms with Crippen LogP contribution < -0.4 is 5.73 Å². The lowest BCUT2D eigenvalue weighted by Gasteiger charge is -2.08. The van der Waals surface area contributed by atoms with Crippen molar-refractivity contribution in [1.82, 2.24) is 14.6 Å². The fourth-order valence-corrected chi connectivity index (χ4v) is 2.17. The molecule has 0 aliphatic heterocycles. The smallest absolute Gasteiger partial charge is 0.162 e. The number of allylic oxidation sites excluding steroid dienone is 1. The minimum absolute atomic E-state index is 0.284. The summed E-state index contributed by atoms with van der Waals surface area (Å²) in [5, 5.41) is 21.0. The Labute approximate surface area is 130 Å². The van der Waals surface area contributed by atoms with Crippen LogP contribution in [0.3, 0.4) is 0 Å². The number of nitrogens with one attached hydrogen (secondary N) is 1. The second-order valence-corrected chi connectivity index (χ2v) is 4.72. The van der Waals surface area contributed by atoms with Crippen LogP contribution in [0.5, 0.6) is 0 Å². The molecule has 0 saturated heterocycles. The lowest BCUT2D eigenvalue weighted by molar-refractivity contribution is 0.627. The fourth-order valence-electron chi connectivity index (χ4n) is 2.17. The van der Waals surface area contributed by atoms with E-state index in [0.29, 0.717) is 28.2 Å². The van der Waals surface area contributed by atoms with Crippen LogP contribution in [0.1, 0.15) is 17.0 Å². The van der Waals surface area contributed by atoms with Crippen LogP contribution in [-0.2, 0) is 0 Å². The van der Waals surface area contributed by atoms with Gasteiger partial charge in [0.2, 0.25) is 0 Å². The van der Waals surface area contributed by atoms with E-state index in [1.165, 1.54) is 35.0 Å². The van der Waals surface area contributed by atoms with Gasteiger partial charge < -0.3 is 11.1 Å². The quantitative estimate of drug-likeness (QED) is 0.724. The van der Waals surface area contributed by atoms with Crippen molar-refractivity contribution in [3.63, 3.8) is 0 Å². The van der Waals surface area contributed by atoms with Crippen molar-refractivity contribution in [1.29, 1.82) is 10.7 Å². The number of nitrogens with zero attached hydrogens (tertiary/aromatic N) is 4. The van der Waals surface area contributed by atoms with E-state index in [9.17, 15) is 4.39 Å². The van der Waals surface area contributed by atoms with Crippen molar-refractivity contribution in [3.8, 4) is 6.07 Å². The predicted octanol–water partition coefficient (Wildman–Crippen LogP) is 2.22. The first-order chi connectivity index (χ1) is 11.1. The maximum atomic E-state index is 13.0. The molecular formula is C16H11FN6. The number of halogens is 1. The Kier molecular flexibility index (Phi) is 3.57. The van der Waals surface area contributed by atoms with Crippen molar-refractivity contribution in [2.24, 2.45) is 5.73 Å². The van der Waals surface area contributed by atoms with Crippen molar-refractivity contribution in [2.75, 3.05) is 0 Å². The Morgan fingerprint density at radius 3 is 2.65 bits per heavy atom. The molecule has 0 aliphatic rings. The van der Waals surface area contributed by atoms with Gasteiger partial charge in [-0.2, -0.15) is 10.4 Å². The normalized spacial score (nSPS) is 11.8. The lowest BCUT2D eigenvalue weighted by atomic mass is 10.0.